The standard InChI is InChI=1S/C32H44N2O/c1-20-33-19-22-17-21(7-12-29(22)34-20)26-10-11-27-25-9-8-23-18-24(35-30(2,3)4)13-15-31(23,5)28(25)14-16-32(26,27)6/h7-8,12,17,19,24-28H,9-11,13-16,18H2,1-6H3/t24-,25-,26+,27-,28-,31-,32+/m0/s1. The lowest BCUT2D eigenvalue weighted by Crippen LogP contribution is -2.50. The van der Waals surface area contributed by atoms with Gasteiger partial charge in [0, 0.05) is 11.6 Å². The molecule has 3 nitrogen and oxygen atoms in total. The van der Waals surface area contributed by atoms with Crippen molar-refractivity contribution in [2.75, 3.05) is 0 Å². The molecule has 4 aliphatic rings. The summed E-state index contributed by atoms with van der Waals surface area (Å²) < 4.78 is 6.44. The number of nitrogens with zero attached hydrogens (tertiary/aromatic N) is 2. The van der Waals surface area contributed by atoms with Crippen LogP contribution in [-0.2, 0) is 4.74 Å². The maximum Gasteiger partial charge on any atom is 0.125 e. The van der Waals surface area contributed by atoms with Gasteiger partial charge in [-0.2, -0.15) is 0 Å². The molecule has 0 saturated heterocycles. The maximum atomic E-state index is 6.44. The van der Waals surface area contributed by atoms with Crippen LogP contribution in [0.1, 0.15) is 103 Å². The zero-order chi connectivity index (χ0) is 24.6. The lowest BCUT2D eigenvalue weighted by Gasteiger charge is -2.58. The molecule has 35 heavy (non-hydrogen) atoms. The average Bonchev–Trinajstić information content (AvgIpc) is 3.15. The van der Waals surface area contributed by atoms with Gasteiger partial charge in [0.05, 0.1) is 17.2 Å². The number of ether oxygens (including phenoxy) is 1. The van der Waals surface area contributed by atoms with Gasteiger partial charge in [-0.15, -0.1) is 0 Å². The lowest BCUT2D eigenvalue weighted by atomic mass is 9.47. The van der Waals surface area contributed by atoms with E-state index in [2.05, 4.69) is 68.9 Å². The number of hydrogen-bond donors (Lipinski definition) is 0. The summed E-state index contributed by atoms with van der Waals surface area (Å²) in [6.07, 6.45) is 15.5. The molecule has 0 unspecified atom stereocenters. The maximum absolute atomic E-state index is 6.44. The smallest absolute Gasteiger partial charge is 0.125 e. The molecule has 0 aliphatic heterocycles. The van der Waals surface area contributed by atoms with E-state index in [0.29, 0.717) is 22.9 Å². The van der Waals surface area contributed by atoms with Crippen LogP contribution in [0.2, 0.25) is 0 Å². The van der Waals surface area contributed by atoms with E-state index >= 15 is 0 Å². The van der Waals surface area contributed by atoms with Crippen LogP contribution in [0.4, 0.5) is 0 Å². The molecule has 2 aromatic rings. The van der Waals surface area contributed by atoms with E-state index in [0.717, 1.165) is 35.5 Å². The highest BCUT2D eigenvalue weighted by Gasteiger charge is 2.58. The molecule has 4 aliphatic carbocycles. The van der Waals surface area contributed by atoms with Gasteiger partial charge in [0.2, 0.25) is 0 Å². The summed E-state index contributed by atoms with van der Waals surface area (Å²) in [4.78, 5) is 9.11. The first-order valence-electron chi connectivity index (χ1n) is 14.2. The van der Waals surface area contributed by atoms with Gasteiger partial charge in [-0.25, -0.2) is 9.97 Å². The summed E-state index contributed by atoms with van der Waals surface area (Å²) in [6.45, 7) is 13.8. The van der Waals surface area contributed by atoms with Gasteiger partial charge < -0.3 is 4.74 Å². The minimum atomic E-state index is -0.0462. The van der Waals surface area contributed by atoms with Crippen molar-refractivity contribution in [2.45, 2.75) is 111 Å². The van der Waals surface area contributed by atoms with E-state index in [9.17, 15) is 0 Å². The second-order valence-electron chi connectivity index (χ2n) is 13.8. The fourth-order valence-electron chi connectivity index (χ4n) is 9.14. The first-order chi connectivity index (χ1) is 16.6. The van der Waals surface area contributed by atoms with Crippen molar-refractivity contribution in [3.63, 3.8) is 0 Å². The first-order valence-corrected chi connectivity index (χ1v) is 14.2. The van der Waals surface area contributed by atoms with Crippen molar-refractivity contribution < 1.29 is 4.74 Å². The molecule has 3 heteroatoms. The predicted molar refractivity (Wildman–Crippen MR) is 143 cm³/mol. The summed E-state index contributed by atoms with van der Waals surface area (Å²) in [5.41, 5.74) is 5.07. The molecule has 6 rings (SSSR count). The number of hydrogen-bond acceptors (Lipinski definition) is 3. The summed E-state index contributed by atoms with van der Waals surface area (Å²) >= 11 is 0. The molecule has 7 atom stereocenters. The minimum Gasteiger partial charge on any atom is -0.372 e. The van der Waals surface area contributed by atoms with E-state index in [4.69, 9.17) is 4.74 Å². The van der Waals surface area contributed by atoms with Gasteiger partial charge in [-0.3, -0.25) is 0 Å². The van der Waals surface area contributed by atoms with Crippen LogP contribution in [0.5, 0.6) is 0 Å². The van der Waals surface area contributed by atoms with Gasteiger partial charge in [0.15, 0.2) is 0 Å². The molecule has 1 aromatic heterocycles. The van der Waals surface area contributed by atoms with Crippen molar-refractivity contribution in [1.82, 2.24) is 9.97 Å². The molecule has 0 N–H and O–H groups in total. The Labute approximate surface area is 212 Å². The van der Waals surface area contributed by atoms with Gasteiger partial charge >= 0.3 is 0 Å². The van der Waals surface area contributed by atoms with Crippen LogP contribution in [0.3, 0.4) is 0 Å². The molecular formula is C32H44N2O. The Morgan fingerprint density at radius 2 is 1.83 bits per heavy atom. The van der Waals surface area contributed by atoms with Crippen LogP contribution in [0.15, 0.2) is 36.0 Å². The number of rotatable bonds is 2. The SMILES string of the molecule is Cc1ncc2cc([C@H]3CC[C@H]4[C@@H]5CC=C6C[C@@H](OC(C)(C)C)CC[C@]6(C)[C@H]5CC[C@]34C)ccc2n1. The highest BCUT2D eigenvalue weighted by molar-refractivity contribution is 5.78. The fourth-order valence-corrected chi connectivity index (χ4v) is 9.14. The van der Waals surface area contributed by atoms with Gasteiger partial charge in [0.1, 0.15) is 5.82 Å². The van der Waals surface area contributed by atoms with E-state index in [1.165, 1.54) is 55.9 Å². The molecule has 1 heterocycles. The monoisotopic (exact) mass is 472 g/mol. The van der Waals surface area contributed by atoms with E-state index in [-0.39, 0.29) is 5.60 Å². The third-order valence-corrected chi connectivity index (χ3v) is 10.7. The molecule has 0 amide bonds. The normalized spacial score (nSPS) is 39.0. The number of aryl methyl sites for hydroxylation is 1. The molecule has 0 bridgehead atoms. The molecule has 1 aromatic carbocycles. The summed E-state index contributed by atoms with van der Waals surface area (Å²) in [5.74, 6) is 4.05. The third-order valence-electron chi connectivity index (χ3n) is 10.7. The Morgan fingerprint density at radius 1 is 1.00 bits per heavy atom. The van der Waals surface area contributed by atoms with Crippen molar-refractivity contribution in [2.24, 2.45) is 28.6 Å². The molecule has 188 valence electrons. The van der Waals surface area contributed by atoms with Crippen LogP contribution in [0.25, 0.3) is 10.9 Å². The Bertz CT molecular complexity index is 1160. The number of benzene rings is 1. The average molecular weight is 473 g/mol. The number of aromatic nitrogens is 2. The minimum absolute atomic E-state index is 0.0462. The van der Waals surface area contributed by atoms with Crippen molar-refractivity contribution in [1.29, 1.82) is 0 Å². The molecule has 0 spiro atoms. The molecular weight excluding hydrogens is 428 g/mol. The third kappa shape index (κ3) is 3.88. The van der Waals surface area contributed by atoms with E-state index < -0.39 is 0 Å². The summed E-state index contributed by atoms with van der Waals surface area (Å²) in [6, 6.07) is 7.00. The predicted octanol–water partition coefficient (Wildman–Crippen LogP) is 8.17. The van der Waals surface area contributed by atoms with E-state index in [1.807, 2.05) is 13.1 Å². The second kappa shape index (κ2) is 8.13. The molecule has 3 fully saturated rings. The zero-order valence-electron chi connectivity index (χ0n) is 22.7. The van der Waals surface area contributed by atoms with Crippen LogP contribution in [0, 0.1) is 35.5 Å². The van der Waals surface area contributed by atoms with E-state index in [1.54, 1.807) is 5.57 Å². The zero-order valence-corrected chi connectivity index (χ0v) is 22.7. The highest BCUT2D eigenvalue weighted by atomic mass is 16.5. The van der Waals surface area contributed by atoms with Crippen LogP contribution < -0.4 is 0 Å². The van der Waals surface area contributed by atoms with Crippen molar-refractivity contribution >= 4 is 10.9 Å². The highest BCUT2D eigenvalue weighted by Crippen LogP contribution is 2.68. The van der Waals surface area contributed by atoms with Gasteiger partial charge in [-0.1, -0.05) is 31.6 Å². The van der Waals surface area contributed by atoms with Gasteiger partial charge in [0.25, 0.3) is 0 Å². The first kappa shape index (κ1) is 23.6. The quantitative estimate of drug-likeness (QED) is 0.413. The molecule has 3 saturated carbocycles. The summed E-state index contributed by atoms with van der Waals surface area (Å²) in [5, 5.41) is 1.20. The van der Waals surface area contributed by atoms with Gasteiger partial charge in [-0.05, 0) is 131 Å². The lowest BCUT2D eigenvalue weighted by molar-refractivity contribution is -0.0922. The number of fused-ring (bicyclic) bond motifs is 6. The fraction of sp³-hybridized carbons (Fsp3) is 0.688. The number of allylic oxidation sites excluding steroid dienone is 1. The second-order valence-corrected chi connectivity index (χ2v) is 13.8. The Hall–Kier alpha value is -1.74. The largest absolute Gasteiger partial charge is 0.372 e. The Kier molecular flexibility index (Phi) is 5.49. The van der Waals surface area contributed by atoms with Crippen LogP contribution >= 0.6 is 0 Å². The Balaban J connectivity index is 1.26. The van der Waals surface area contributed by atoms with Crippen molar-refractivity contribution in [3.05, 3.63) is 47.4 Å². The Morgan fingerprint density at radius 3 is 2.63 bits per heavy atom. The molecule has 0 radical (unpaired) electrons. The van der Waals surface area contributed by atoms with Crippen LogP contribution in [-0.4, -0.2) is 21.7 Å². The topological polar surface area (TPSA) is 35.0 Å². The van der Waals surface area contributed by atoms with Crippen molar-refractivity contribution in [3.8, 4) is 0 Å². The summed E-state index contributed by atoms with van der Waals surface area (Å²) in [7, 11) is 0.